The Hall–Kier alpha value is 2.03. The van der Waals surface area contributed by atoms with E-state index in [1.807, 2.05) is 0 Å². The van der Waals surface area contributed by atoms with Crippen molar-refractivity contribution < 1.29 is 62.0 Å². The average Bonchev–Trinajstić information content (AvgIpc) is 0.918. The normalized spacial score (nSPS) is 2.60. The first-order valence-corrected chi connectivity index (χ1v) is 0.957. The van der Waals surface area contributed by atoms with Crippen LogP contribution in [0.5, 0.6) is 0 Å². The van der Waals surface area contributed by atoms with Crippen molar-refractivity contribution in [2.45, 2.75) is 0 Å². The van der Waals surface area contributed by atoms with E-state index < -0.39 is 0 Å². The Morgan fingerprint density at radius 1 is 1.60 bits per heavy atom. The van der Waals surface area contributed by atoms with Gasteiger partial charge < -0.3 is 2.85 Å². The minimum absolute atomic E-state index is 0. The minimum atomic E-state index is 0. The monoisotopic (exact) mass is 111 g/mol. The molecule has 1 unspecified atom stereocenters. The van der Waals surface area contributed by atoms with Crippen LogP contribution in [-0.2, 0) is 0 Å². The zero-order chi connectivity index (χ0) is 2.71. The Kier molecular flexibility index (Phi) is 52.3. The molecule has 0 aliphatic carbocycles. The van der Waals surface area contributed by atoms with Crippen molar-refractivity contribution in [3.63, 3.8) is 0 Å². The molecule has 1 atom stereocenters. The third-order valence-electron chi connectivity index (χ3n) is 0. The largest absolute Gasteiger partial charge is 1.00 e. The van der Waals surface area contributed by atoms with Crippen LogP contribution in [-0.4, -0.2) is 0 Å². The van der Waals surface area contributed by atoms with E-state index >= 15 is 0 Å². The summed E-state index contributed by atoms with van der Waals surface area (Å²) in [6.45, 7) is 0. The van der Waals surface area contributed by atoms with E-state index in [4.69, 9.17) is 4.91 Å². The van der Waals surface area contributed by atoms with Crippen LogP contribution < -0.4 is 59.1 Å². The van der Waals surface area contributed by atoms with Crippen LogP contribution in [0.3, 0.4) is 0 Å². The molecule has 0 spiro atoms. The summed E-state index contributed by atoms with van der Waals surface area (Å²) in [6.07, 6.45) is 0. The molecule has 0 aliphatic heterocycles. The maximum Gasteiger partial charge on any atom is 1.00 e. The molecule has 0 aromatic carbocycles. The number of nitrogens with zero attached hydrogens (tertiary/aromatic N) is 1. The van der Waals surface area contributed by atoms with Gasteiger partial charge in [0.2, 0.25) is 0 Å². The van der Waals surface area contributed by atoms with Crippen LogP contribution >= 0.6 is 9.39 Å². The molecule has 0 aliphatic rings. The zero-order valence-electron chi connectivity index (χ0n) is 5.43. The summed E-state index contributed by atoms with van der Waals surface area (Å²) < 4.78 is 0. The van der Waals surface area contributed by atoms with Crippen LogP contribution in [0.4, 0.5) is 0 Å². The fraction of sp³-hybridized carbons (Fsp3) is 0. The third kappa shape index (κ3) is 23.8. The summed E-state index contributed by atoms with van der Waals surface area (Å²) in [5.74, 6) is 0. The fourth-order valence-corrected chi connectivity index (χ4v) is 0. The van der Waals surface area contributed by atoms with Crippen molar-refractivity contribution in [2.75, 3.05) is 0 Å². The molecule has 0 N–H and O–H groups in total. The van der Waals surface area contributed by atoms with Gasteiger partial charge in [-0.1, -0.05) is 4.95 Å². The molecule has 0 aromatic heterocycles. The van der Waals surface area contributed by atoms with Gasteiger partial charge in [-0.25, -0.2) is 0 Å². The predicted molar refractivity (Wildman–Crippen MR) is 17.7 cm³/mol. The quantitative estimate of drug-likeness (QED) is 0.174. The van der Waals surface area contributed by atoms with Crippen LogP contribution in [0.2, 0.25) is 0 Å². The number of hydrogen-bond donors (Lipinski definition) is 0. The van der Waals surface area contributed by atoms with Crippen molar-refractivity contribution >= 4 is 9.39 Å². The Morgan fingerprint density at radius 2 is 1.60 bits per heavy atom. The zero-order valence-corrected chi connectivity index (χ0v) is 8.59. The molecule has 5 heavy (non-hydrogen) atoms. The molecule has 0 saturated carbocycles. The molecule has 22 valence electrons. The van der Waals surface area contributed by atoms with Crippen LogP contribution in [0, 0.1) is 4.91 Å². The van der Waals surface area contributed by atoms with Gasteiger partial charge >= 0.3 is 59.1 Å². The number of nitroso groups, excluding NO2 is 1. The van der Waals surface area contributed by atoms with E-state index in [2.05, 4.69) is 4.95 Å². The van der Waals surface area contributed by atoms with Crippen LogP contribution in [0.25, 0.3) is 0 Å². The van der Waals surface area contributed by atoms with E-state index in [9.17, 15) is 0 Å². The summed E-state index contributed by atoms with van der Waals surface area (Å²) >= 11 is 0. The van der Waals surface area contributed by atoms with E-state index in [-0.39, 0.29) is 62.0 Å². The maximum atomic E-state index is 8.52. The molecule has 0 amide bonds. The topological polar surface area (TPSA) is 29.4 Å². The first-order chi connectivity index (χ1) is 1.41. The molecule has 0 radical (unpaired) electrons. The minimum Gasteiger partial charge on any atom is -1.00 e. The first kappa shape index (κ1) is 15.7. The van der Waals surface area contributed by atoms with E-state index in [0.29, 0.717) is 0 Å². The number of hydrogen-bond acceptors (Lipinski definition) is 2. The van der Waals surface area contributed by atoms with Crippen molar-refractivity contribution in [2.24, 2.45) is 4.95 Å². The summed E-state index contributed by atoms with van der Waals surface area (Å²) in [4.78, 5) is 10.7. The van der Waals surface area contributed by atoms with Gasteiger partial charge in [-0.05, 0) is 0 Å². The van der Waals surface area contributed by atoms with Crippen molar-refractivity contribution in [1.29, 1.82) is 0 Å². The molecule has 0 aromatic rings. The first-order valence-electron chi connectivity index (χ1n) is 0.441. The van der Waals surface area contributed by atoms with Gasteiger partial charge in [-0.3, -0.25) is 0 Å². The average molecular weight is 111 g/mol. The summed E-state index contributed by atoms with van der Waals surface area (Å²) in [6, 6.07) is 0. The van der Waals surface area contributed by atoms with E-state index in [1.54, 1.807) is 9.39 Å². The second-order valence-electron chi connectivity index (χ2n) is 0.105. The van der Waals surface area contributed by atoms with Gasteiger partial charge in [0.1, 0.15) is 0 Å². The molecule has 2 nitrogen and oxygen atoms in total. The van der Waals surface area contributed by atoms with Gasteiger partial charge in [-0.15, -0.1) is 4.91 Å². The number of rotatable bonds is 0. The molecule has 0 fully saturated rings. The van der Waals surface area contributed by atoms with Gasteiger partial charge in [0.05, 0.1) is 0 Å². The Balaban J connectivity index is -0.00000000333. The fourth-order valence-electron chi connectivity index (χ4n) is 0. The second-order valence-corrected chi connectivity index (χ2v) is 0.316. The molecular weight excluding hydrogens is 107 g/mol. The van der Waals surface area contributed by atoms with Gasteiger partial charge in [0.15, 0.2) is 0 Å². The molecule has 0 rings (SSSR count). The molecule has 5 heteroatoms. The molecule has 0 saturated heterocycles. The standard InChI is InChI=1S/H2NOP.2Na.2H/c2-1-3;;;;/h3H2;;;;/q;2*+1;2*-1. The summed E-state index contributed by atoms with van der Waals surface area (Å²) in [5, 5.41) is 0. The van der Waals surface area contributed by atoms with E-state index in [1.165, 1.54) is 0 Å². The third-order valence-corrected chi connectivity index (χ3v) is 0. The Morgan fingerprint density at radius 3 is 1.60 bits per heavy atom. The summed E-state index contributed by atoms with van der Waals surface area (Å²) in [5.41, 5.74) is 0. The van der Waals surface area contributed by atoms with Crippen LogP contribution in [0.15, 0.2) is 4.95 Å². The SMILES string of the molecule is O=NP.[H-].[H-].[Na+].[Na+]. The van der Waals surface area contributed by atoms with Crippen molar-refractivity contribution in [3.8, 4) is 0 Å². The molecule has 0 heterocycles. The molecular formula is H4NNa2OP. The predicted octanol–water partition coefficient (Wildman–Crippen LogP) is -5.22. The van der Waals surface area contributed by atoms with E-state index in [0.717, 1.165) is 0 Å². The smallest absolute Gasteiger partial charge is 1.00 e. The maximum absolute atomic E-state index is 8.52. The van der Waals surface area contributed by atoms with Crippen molar-refractivity contribution in [3.05, 3.63) is 4.91 Å². The second kappa shape index (κ2) is 16.6. The van der Waals surface area contributed by atoms with Gasteiger partial charge in [-0.2, -0.15) is 0 Å². The van der Waals surface area contributed by atoms with Crippen LogP contribution in [0.1, 0.15) is 2.85 Å². The Bertz CT molecular complexity index is 23.2. The van der Waals surface area contributed by atoms with Crippen molar-refractivity contribution in [1.82, 2.24) is 0 Å². The van der Waals surface area contributed by atoms with Gasteiger partial charge in [0.25, 0.3) is 0 Å². The summed E-state index contributed by atoms with van der Waals surface area (Å²) in [7, 11) is 1.65. The molecule has 0 bridgehead atoms. The Labute approximate surface area is 80.3 Å². The van der Waals surface area contributed by atoms with Gasteiger partial charge in [0, 0.05) is 9.39 Å².